The number of anilines is 1. The summed E-state index contributed by atoms with van der Waals surface area (Å²) >= 11 is 1.17. The molecule has 4 heterocycles. The number of nitrogens with zero attached hydrogens (tertiary/aromatic N) is 4. The normalized spacial score (nSPS) is 18.5. The maximum Gasteiger partial charge on any atom is 0.342 e. The Bertz CT molecular complexity index is 1430. The number of aliphatic hydroxyl groups is 1. The van der Waals surface area contributed by atoms with Crippen molar-refractivity contribution in [3.05, 3.63) is 38.4 Å². The molecule has 1 saturated heterocycles. The van der Waals surface area contributed by atoms with Gasteiger partial charge in [0.15, 0.2) is 0 Å². The van der Waals surface area contributed by atoms with Crippen LogP contribution in [0.25, 0.3) is 26.6 Å². The molecule has 4 aromatic rings. The number of benzene rings is 1. The molecule has 0 spiro atoms. The highest BCUT2D eigenvalue weighted by molar-refractivity contribution is 7.16. The van der Waals surface area contributed by atoms with E-state index in [1.807, 2.05) is 16.8 Å². The van der Waals surface area contributed by atoms with Crippen LogP contribution in [0.2, 0.25) is 0 Å². The highest BCUT2D eigenvalue weighted by Crippen LogP contribution is 2.37. The van der Waals surface area contributed by atoms with Crippen molar-refractivity contribution in [1.29, 1.82) is 0 Å². The summed E-state index contributed by atoms with van der Waals surface area (Å²) in [4.78, 5) is 33.4. The Hall–Kier alpha value is -2.53. The third-order valence-electron chi connectivity index (χ3n) is 6.08. The molecule has 0 saturated carbocycles. The van der Waals surface area contributed by atoms with Gasteiger partial charge >= 0.3 is 5.97 Å². The third-order valence-corrected chi connectivity index (χ3v) is 7.03. The van der Waals surface area contributed by atoms with Gasteiger partial charge in [-0.15, -0.1) is 23.7 Å². The van der Waals surface area contributed by atoms with E-state index in [0.29, 0.717) is 51.9 Å². The Morgan fingerprint density at radius 1 is 1.39 bits per heavy atom. The predicted octanol–water partition coefficient (Wildman–Crippen LogP) is 1.45. The van der Waals surface area contributed by atoms with Crippen LogP contribution in [0.3, 0.4) is 0 Å². The molecule has 1 aliphatic heterocycles. The minimum Gasteiger partial charge on any atom is -0.477 e. The Labute approximate surface area is 185 Å². The van der Waals surface area contributed by atoms with Crippen LogP contribution in [0, 0.1) is 5.82 Å². The smallest absolute Gasteiger partial charge is 0.342 e. The number of carboxylic acids is 1. The van der Waals surface area contributed by atoms with E-state index < -0.39 is 17.2 Å². The van der Waals surface area contributed by atoms with Crippen molar-refractivity contribution >= 4 is 62.0 Å². The van der Waals surface area contributed by atoms with Crippen LogP contribution in [-0.4, -0.2) is 71.9 Å². The van der Waals surface area contributed by atoms with Crippen LogP contribution >= 0.6 is 23.7 Å². The van der Waals surface area contributed by atoms with E-state index in [9.17, 15) is 19.8 Å². The highest BCUT2D eigenvalue weighted by atomic mass is 35.5. The number of aromatic carboxylic acids is 1. The highest BCUT2D eigenvalue weighted by Gasteiger charge is 2.31. The first-order chi connectivity index (χ1) is 14.4. The summed E-state index contributed by atoms with van der Waals surface area (Å²) in [6.45, 7) is 1.58. The van der Waals surface area contributed by atoms with Gasteiger partial charge in [0.05, 0.1) is 45.5 Å². The number of pyridine rings is 1. The van der Waals surface area contributed by atoms with E-state index in [0.717, 1.165) is 6.07 Å². The molecular weight excluding hydrogens is 447 g/mol. The van der Waals surface area contributed by atoms with E-state index in [-0.39, 0.29) is 36.0 Å². The fourth-order valence-corrected chi connectivity index (χ4v) is 5.60. The zero-order valence-electron chi connectivity index (χ0n) is 16.8. The van der Waals surface area contributed by atoms with E-state index in [1.54, 1.807) is 16.8 Å². The molecule has 3 aromatic heterocycles. The number of carbonyl (C=O) groups is 1. The van der Waals surface area contributed by atoms with Crippen LogP contribution in [0.1, 0.15) is 10.4 Å². The number of hydrogen-bond acceptors (Lipinski definition) is 7. The first-order valence-corrected chi connectivity index (χ1v) is 10.4. The lowest BCUT2D eigenvalue weighted by Gasteiger charge is -2.40. The first-order valence-electron chi connectivity index (χ1n) is 9.48. The molecule has 1 atom stereocenters. The second-order valence-electron chi connectivity index (χ2n) is 7.58. The van der Waals surface area contributed by atoms with Crippen molar-refractivity contribution in [3.63, 3.8) is 0 Å². The number of thiazole rings is 1. The summed E-state index contributed by atoms with van der Waals surface area (Å²) < 4.78 is 17.2. The monoisotopic (exact) mass is 466 g/mol. The summed E-state index contributed by atoms with van der Waals surface area (Å²) in [7, 11) is 3.52. The van der Waals surface area contributed by atoms with Crippen LogP contribution in [0.15, 0.2) is 21.2 Å². The SMILES string of the molecule is CN=c1c2c(N3CCN(C)C(CO)C3)c(F)cc3c(=O)c(C(=O)O)c4scc1n4c32.Cl. The molecule has 11 heteroatoms. The van der Waals surface area contributed by atoms with Crippen LogP contribution in [0.5, 0.6) is 0 Å². The fourth-order valence-electron chi connectivity index (χ4n) is 4.57. The minimum absolute atomic E-state index is 0. The zero-order chi connectivity index (χ0) is 21.3. The molecule has 2 N–H and O–H groups in total. The number of likely N-dealkylation sites (N-methyl/N-ethyl adjacent to an activating group) is 1. The van der Waals surface area contributed by atoms with Gasteiger partial charge in [0.25, 0.3) is 0 Å². The maximum absolute atomic E-state index is 15.5. The predicted molar refractivity (Wildman–Crippen MR) is 120 cm³/mol. The number of piperazine rings is 1. The van der Waals surface area contributed by atoms with Crippen molar-refractivity contribution in [2.45, 2.75) is 6.04 Å². The minimum atomic E-state index is -1.33. The molecule has 1 aliphatic rings. The van der Waals surface area contributed by atoms with Gasteiger partial charge in [-0.25, -0.2) is 9.18 Å². The summed E-state index contributed by atoms with van der Waals surface area (Å²) in [5, 5.41) is 22.2. The standard InChI is InChI=1S/C20H19FN4O4S.ClH/c1-22-15-12-8-30-19-14(20(28)29)18(27)10-5-11(21)17(13(15)16(10)25(12)19)24-4-3-23(2)9(6-24)7-26;/h5,8-9,26H,3-4,6-7H2,1-2H3,(H,28,29);1H. The number of aliphatic hydroxyl groups excluding tert-OH is 1. The lowest BCUT2D eigenvalue weighted by molar-refractivity contribution is 0.0697. The largest absolute Gasteiger partial charge is 0.477 e. The van der Waals surface area contributed by atoms with E-state index in [1.165, 1.54) is 11.3 Å². The summed E-state index contributed by atoms with van der Waals surface area (Å²) in [6.07, 6.45) is 0. The first kappa shape index (κ1) is 21.7. The van der Waals surface area contributed by atoms with Crippen molar-refractivity contribution in [2.75, 3.05) is 45.2 Å². The molecule has 0 bridgehead atoms. The number of rotatable bonds is 3. The van der Waals surface area contributed by atoms with Gasteiger partial charge in [-0.1, -0.05) is 0 Å². The van der Waals surface area contributed by atoms with E-state index >= 15 is 4.39 Å². The molecule has 0 aliphatic carbocycles. The lowest BCUT2D eigenvalue weighted by atomic mass is 10.0. The van der Waals surface area contributed by atoms with Crippen molar-refractivity contribution in [2.24, 2.45) is 4.99 Å². The molecule has 164 valence electrons. The van der Waals surface area contributed by atoms with Gasteiger partial charge in [0, 0.05) is 32.1 Å². The van der Waals surface area contributed by atoms with E-state index in [2.05, 4.69) is 4.99 Å². The average molecular weight is 467 g/mol. The van der Waals surface area contributed by atoms with Gasteiger partial charge in [-0.05, 0) is 13.1 Å². The van der Waals surface area contributed by atoms with E-state index in [4.69, 9.17) is 0 Å². The number of carboxylic acid groups (broad SMARTS) is 1. The Balaban J connectivity index is 0.00000231. The Morgan fingerprint density at radius 3 is 2.77 bits per heavy atom. The Kier molecular flexibility index (Phi) is 5.29. The third kappa shape index (κ3) is 2.82. The van der Waals surface area contributed by atoms with Crippen LogP contribution in [-0.2, 0) is 0 Å². The summed E-state index contributed by atoms with van der Waals surface area (Å²) in [5.41, 5.74) is 0.440. The molecule has 1 fully saturated rings. The number of halogens is 2. The molecule has 31 heavy (non-hydrogen) atoms. The topological polar surface area (TPSA) is 97.9 Å². The lowest BCUT2D eigenvalue weighted by Crippen LogP contribution is -2.53. The second kappa shape index (κ2) is 7.56. The van der Waals surface area contributed by atoms with Crippen LogP contribution < -0.4 is 15.7 Å². The number of hydrogen-bond donors (Lipinski definition) is 2. The van der Waals surface area contributed by atoms with Gasteiger partial charge < -0.3 is 15.1 Å². The fraction of sp³-hybridized carbons (Fsp3) is 0.350. The van der Waals surface area contributed by atoms with Gasteiger partial charge in [-0.2, -0.15) is 0 Å². The maximum atomic E-state index is 15.5. The molecule has 1 aromatic carbocycles. The quantitative estimate of drug-likeness (QED) is 0.474. The van der Waals surface area contributed by atoms with Gasteiger partial charge in [-0.3, -0.25) is 19.1 Å². The van der Waals surface area contributed by atoms with Crippen molar-refractivity contribution in [1.82, 2.24) is 9.30 Å². The summed E-state index contributed by atoms with van der Waals surface area (Å²) in [6, 6.07) is 0.997. The molecule has 1 unspecified atom stereocenters. The zero-order valence-corrected chi connectivity index (χ0v) is 18.4. The van der Waals surface area contributed by atoms with Crippen molar-refractivity contribution < 1.29 is 19.4 Å². The van der Waals surface area contributed by atoms with Gasteiger partial charge in [0.1, 0.15) is 16.2 Å². The van der Waals surface area contributed by atoms with Crippen LogP contribution in [0.4, 0.5) is 10.1 Å². The molecular formula is C20H20ClFN4O4S. The Morgan fingerprint density at radius 2 is 2.13 bits per heavy atom. The molecule has 0 radical (unpaired) electrons. The summed E-state index contributed by atoms with van der Waals surface area (Å²) in [5.74, 6) is -1.93. The molecule has 8 nitrogen and oxygen atoms in total. The average Bonchev–Trinajstić information content (AvgIpc) is 3.27. The number of aromatic nitrogens is 1. The molecule has 5 rings (SSSR count). The second-order valence-corrected chi connectivity index (χ2v) is 8.44. The van der Waals surface area contributed by atoms with Gasteiger partial charge in [0.2, 0.25) is 5.43 Å². The van der Waals surface area contributed by atoms with Crippen molar-refractivity contribution in [3.8, 4) is 0 Å². The molecule has 0 amide bonds.